The van der Waals surface area contributed by atoms with Crippen molar-refractivity contribution in [2.24, 2.45) is 0 Å². The summed E-state index contributed by atoms with van der Waals surface area (Å²) in [6.07, 6.45) is -2.37. The Balaban J connectivity index is 3.28. The van der Waals surface area contributed by atoms with Crippen LogP contribution < -0.4 is 4.74 Å². The molecule has 0 aliphatic rings. The summed E-state index contributed by atoms with van der Waals surface area (Å²) in [6, 6.07) is 4.19. The van der Waals surface area contributed by atoms with E-state index in [-0.39, 0.29) is 29.1 Å². The topological polar surface area (TPSA) is 26.3 Å². The van der Waals surface area contributed by atoms with Crippen LogP contribution >= 0.6 is 0 Å². The Labute approximate surface area is 86.9 Å². The first-order valence-corrected chi connectivity index (χ1v) is 4.60. The Bertz CT molecular complexity index is 362. The zero-order chi connectivity index (χ0) is 11.4. The molecule has 15 heavy (non-hydrogen) atoms. The van der Waals surface area contributed by atoms with Gasteiger partial charge in [-0.3, -0.25) is 4.79 Å². The molecule has 0 fully saturated rings. The molecule has 0 saturated heterocycles. The number of ketones is 1. The van der Waals surface area contributed by atoms with E-state index < -0.39 is 6.43 Å². The van der Waals surface area contributed by atoms with Gasteiger partial charge in [-0.05, 0) is 12.1 Å². The number of rotatable bonds is 4. The second-order valence-corrected chi connectivity index (χ2v) is 3.01. The van der Waals surface area contributed by atoms with Gasteiger partial charge in [0.05, 0.1) is 18.2 Å². The Morgan fingerprint density at radius 1 is 1.47 bits per heavy atom. The summed E-state index contributed by atoms with van der Waals surface area (Å²) < 4.78 is 30.0. The average Bonchev–Trinajstić information content (AvgIpc) is 2.26. The molecule has 0 heterocycles. The van der Waals surface area contributed by atoms with Crippen molar-refractivity contribution in [3.63, 3.8) is 0 Å². The molecule has 0 aromatic heterocycles. The zero-order valence-electron chi connectivity index (χ0n) is 8.59. The number of para-hydroxylation sites is 1. The largest absolute Gasteiger partial charge is 0.495 e. The maximum atomic E-state index is 12.6. The first-order valence-electron chi connectivity index (χ1n) is 4.60. The molecule has 0 radical (unpaired) electrons. The highest BCUT2D eigenvalue weighted by Crippen LogP contribution is 2.32. The van der Waals surface area contributed by atoms with Crippen molar-refractivity contribution < 1.29 is 18.3 Å². The summed E-state index contributed by atoms with van der Waals surface area (Å²) in [6.45, 7) is 1.68. The van der Waals surface area contributed by atoms with Crippen molar-refractivity contribution in [1.29, 1.82) is 0 Å². The van der Waals surface area contributed by atoms with Crippen LogP contribution in [0.2, 0.25) is 0 Å². The van der Waals surface area contributed by atoms with Gasteiger partial charge in [-0.25, -0.2) is 8.78 Å². The Hall–Kier alpha value is -1.45. The number of ether oxygens (including phenoxy) is 1. The lowest BCUT2D eigenvalue weighted by atomic mass is 10.0. The second kappa shape index (κ2) is 4.87. The summed E-state index contributed by atoms with van der Waals surface area (Å²) in [5.41, 5.74) is -0.0189. The van der Waals surface area contributed by atoms with Crippen LogP contribution in [0.15, 0.2) is 18.2 Å². The van der Waals surface area contributed by atoms with Crippen molar-refractivity contribution >= 4 is 5.78 Å². The van der Waals surface area contributed by atoms with Gasteiger partial charge in [-0.2, -0.15) is 0 Å². The van der Waals surface area contributed by atoms with Gasteiger partial charge >= 0.3 is 0 Å². The lowest BCUT2D eigenvalue weighted by molar-refractivity contribution is 0.0983. The molecular formula is C11H12F2O2. The molecule has 1 rings (SSSR count). The van der Waals surface area contributed by atoms with E-state index in [2.05, 4.69) is 0 Å². The van der Waals surface area contributed by atoms with Gasteiger partial charge in [-0.15, -0.1) is 0 Å². The van der Waals surface area contributed by atoms with Crippen molar-refractivity contribution in [2.75, 3.05) is 7.11 Å². The van der Waals surface area contributed by atoms with E-state index in [0.29, 0.717) is 0 Å². The third-order valence-electron chi connectivity index (χ3n) is 2.11. The molecule has 2 nitrogen and oxygen atoms in total. The Kier molecular flexibility index (Phi) is 3.77. The molecule has 0 aliphatic carbocycles. The van der Waals surface area contributed by atoms with Crippen molar-refractivity contribution in [2.45, 2.75) is 19.8 Å². The third-order valence-corrected chi connectivity index (χ3v) is 2.11. The quantitative estimate of drug-likeness (QED) is 0.719. The van der Waals surface area contributed by atoms with E-state index in [1.807, 2.05) is 0 Å². The van der Waals surface area contributed by atoms with E-state index in [4.69, 9.17) is 4.74 Å². The van der Waals surface area contributed by atoms with Crippen LogP contribution in [0.25, 0.3) is 0 Å². The van der Waals surface area contributed by atoms with Gasteiger partial charge in [0.2, 0.25) is 0 Å². The minimum absolute atomic E-state index is 0.0145. The summed E-state index contributed by atoms with van der Waals surface area (Å²) in [5, 5.41) is 0. The standard InChI is InChI=1S/C11H12F2O2/c1-3-9(14)7-5-4-6-8(11(12)13)10(7)15-2/h4-6,11H,3H2,1-2H3. The maximum Gasteiger partial charge on any atom is 0.267 e. The minimum atomic E-state index is -2.63. The van der Waals surface area contributed by atoms with E-state index in [1.54, 1.807) is 6.92 Å². The number of benzene rings is 1. The Morgan fingerprint density at radius 2 is 2.13 bits per heavy atom. The predicted molar refractivity (Wildman–Crippen MR) is 52.6 cm³/mol. The molecule has 0 spiro atoms. The van der Waals surface area contributed by atoms with Gasteiger partial charge in [0.25, 0.3) is 6.43 Å². The first-order chi connectivity index (χ1) is 7.11. The third kappa shape index (κ3) is 2.32. The van der Waals surface area contributed by atoms with Crippen LogP contribution in [0, 0.1) is 0 Å². The summed E-state index contributed by atoms with van der Waals surface area (Å²) in [5.74, 6) is -0.214. The molecule has 82 valence electrons. The molecule has 0 atom stereocenters. The van der Waals surface area contributed by atoms with Crippen LogP contribution in [0.1, 0.15) is 35.7 Å². The van der Waals surface area contributed by atoms with Crippen LogP contribution in [-0.2, 0) is 0 Å². The fraction of sp³-hybridized carbons (Fsp3) is 0.364. The van der Waals surface area contributed by atoms with E-state index >= 15 is 0 Å². The molecule has 0 amide bonds. The highest BCUT2D eigenvalue weighted by atomic mass is 19.3. The molecule has 0 saturated carbocycles. The number of hydrogen-bond acceptors (Lipinski definition) is 2. The molecule has 0 N–H and O–H groups in total. The van der Waals surface area contributed by atoms with E-state index in [9.17, 15) is 13.6 Å². The second-order valence-electron chi connectivity index (χ2n) is 3.01. The normalized spacial score (nSPS) is 10.5. The lowest BCUT2D eigenvalue weighted by Crippen LogP contribution is -2.03. The number of Topliss-reactive ketones (excluding diaryl/α,β-unsaturated/α-hetero) is 1. The highest BCUT2D eigenvalue weighted by Gasteiger charge is 2.19. The number of alkyl halides is 2. The highest BCUT2D eigenvalue weighted by molar-refractivity contribution is 5.98. The van der Waals surface area contributed by atoms with Crippen LogP contribution in [0.3, 0.4) is 0 Å². The van der Waals surface area contributed by atoms with Crippen LogP contribution in [0.5, 0.6) is 5.75 Å². The molecule has 4 heteroatoms. The fourth-order valence-corrected chi connectivity index (χ4v) is 1.36. The van der Waals surface area contributed by atoms with Crippen molar-refractivity contribution in [3.8, 4) is 5.75 Å². The zero-order valence-corrected chi connectivity index (χ0v) is 8.59. The fourth-order valence-electron chi connectivity index (χ4n) is 1.36. The van der Waals surface area contributed by atoms with Crippen molar-refractivity contribution in [1.82, 2.24) is 0 Å². The lowest BCUT2D eigenvalue weighted by Gasteiger charge is -2.11. The number of methoxy groups -OCH3 is 1. The summed E-state index contributed by atoms with van der Waals surface area (Å²) in [4.78, 5) is 11.4. The van der Waals surface area contributed by atoms with Crippen molar-refractivity contribution in [3.05, 3.63) is 29.3 Å². The van der Waals surface area contributed by atoms with Gasteiger partial charge < -0.3 is 4.74 Å². The summed E-state index contributed by atoms with van der Waals surface area (Å²) >= 11 is 0. The number of carbonyl (C=O) groups excluding carboxylic acids is 1. The number of halogens is 2. The van der Waals surface area contributed by atoms with Gasteiger partial charge in [0.15, 0.2) is 5.78 Å². The number of hydrogen-bond donors (Lipinski definition) is 0. The molecule has 0 aliphatic heterocycles. The van der Waals surface area contributed by atoms with Crippen LogP contribution in [-0.4, -0.2) is 12.9 Å². The van der Waals surface area contributed by atoms with E-state index in [0.717, 1.165) is 0 Å². The average molecular weight is 214 g/mol. The SMILES string of the molecule is CCC(=O)c1cccc(C(F)F)c1OC. The molecule has 1 aromatic rings. The van der Waals surface area contributed by atoms with Gasteiger partial charge in [0.1, 0.15) is 5.75 Å². The maximum absolute atomic E-state index is 12.6. The molecule has 1 aromatic carbocycles. The molecule has 0 unspecified atom stereocenters. The first kappa shape index (κ1) is 11.6. The van der Waals surface area contributed by atoms with Crippen LogP contribution in [0.4, 0.5) is 8.78 Å². The van der Waals surface area contributed by atoms with E-state index in [1.165, 1.54) is 25.3 Å². The predicted octanol–water partition coefficient (Wildman–Crippen LogP) is 3.23. The smallest absolute Gasteiger partial charge is 0.267 e. The minimum Gasteiger partial charge on any atom is -0.495 e. The Morgan fingerprint density at radius 3 is 2.60 bits per heavy atom. The van der Waals surface area contributed by atoms with Gasteiger partial charge in [0, 0.05) is 6.42 Å². The molecule has 0 bridgehead atoms. The number of carbonyl (C=O) groups is 1. The van der Waals surface area contributed by atoms with Gasteiger partial charge in [-0.1, -0.05) is 13.0 Å². The monoisotopic (exact) mass is 214 g/mol. The summed E-state index contributed by atoms with van der Waals surface area (Å²) in [7, 11) is 1.29. The molecular weight excluding hydrogens is 202 g/mol.